The molecule has 110 valence electrons. The Kier molecular flexibility index (Phi) is 4.65. The third-order valence-electron chi connectivity index (χ3n) is 4.36. The molecule has 0 saturated heterocycles. The number of phenolic OH excluding ortho intramolecular Hbond substituents is 1. The lowest BCUT2D eigenvalue weighted by molar-refractivity contribution is -0.142. The van der Waals surface area contributed by atoms with Crippen LogP contribution >= 0.6 is 0 Å². The summed E-state index contributed by atoms with van der Waals surface area (Å²) in [5.74, 6) is 0.404. The fraction of sp³-hybridized carbons (Fsp3) is 0.562. The van der Waals surface area contributed by atoms with Crippen LogP contribution in [0.25, 0.3) is 0 Å². The summed E-state index contributed by atoms with van der Waals surface area (Å²) in [7, 11) is 1.83. The topological polar surface area (TPSA) is 66.6 Å². The molecule has 0 unspecified atom stereocenters. The van der Waals surface area contributed by atoms with E-state index in [1.807, 2.05) is 19.2 Å². The van der Waals surface area contributed by atoms with Gasteiger partial charge in [0.25, 0.3) is 0 Å². The molecule has 0 spiro atoms. The number of benzene rings is 1. The lowest BCUT2D eigenvalue weighted by atomic mass is 9.73. The Morgan fingerprint density at radius 2 is 1.85 bits per heavy atom. The minimum atomic E-state index is -0.357. The minimum absolute atomic E-state index is 0.160. The van der Waals surface area contributed by atoms with E-state index in [1.165, 1.54) is 6.42 Å². The van der Waals surface area contributed by atoms with E-state index in [9.17, 15) is 9.90 Å². The average Bonchev–Trinajstić information content (AvgIpc) is 2.49. The zero-order chi connectivity index (χ0) is 14.6. The molecule has 3 N–H and O–H groups in total. The number of nitrogens with two attached hydrogens (primary N) is 1. The van der Waals surface area contributed by atoms with Crippen LogP contribution in [0.3, 0.4) is 0 Å². The molecule has 0 aliphatic heterocycles. The number of rotatable bonds is 4. The molecule has 0 aromatic heterocycles. The van der Waals surface area contributed by atoms with E-state index in [0.29, 0.717) is 13.1 Å². The Balaban J connectivity index is 2.05. The molecule has 4 heteroatoms. The monoisotopic (exact) mass is 276 g/mol. The predicted molar refractivity (Wildman–Crippen MR) is 79.2 cm³/mol. The van der Waals surface area contributed by atoms with Gasteiger partial charge in [0.2, 0.25) is 5.91 Å². The molecule has 1 amide bonds. The van der Waals surface area contributed by atoms with E-state index in [1.54, 1.807) is 17.0 Å². The van der Waals surface area contributed by atoms with E-state index in [4.69, 9.17) is 5.73 Å². The first-order chi connectivity index (χ1) is 9.57. The first-order valence-electron chi connectivity index (χ1n) is 7.31. The maximum atomic E-state index is 12.7. The predicted octanol–water partition coefficient (Wildman–Crippen LogP) is 2.26. The van der Waals surface area contributed by atoms with Gasteiger partial charge in [0.15, 0.2) is 0 Å². The first kappa shape index (κ1) is 14.9. The van der Waals surface area contributed by atoms with Crippen molar-refractivity contribution in [2.75, 3.05) is 13.6 Å². The highest BCUT2D eigenvalue weighted by molar-refractivity contribution is 5.83. The van der Waals surface area contributed by atoms with Crippen molar-refractivity contribution in [3.63, 3.8) is 0 Å². The summed E-state index contributed by atoms with van der Waals surface area (Å²) >= 11 is 0. The molecule has 4 nitrogen and oxygen atoms in total. The third-order valence-corrected chi connectivity index (χ3v) is 4.36. The second-order valence-electron chi connectivity index (χ2n) is 5.87. The summed E-state index contributed by atoms with van der Waals surface area (Å²) in [6.07, 6.45) is 5.20. The third kappa shape index (κ3) is 3.12. The summed E-state index contributed by atoms with van der Waals surface area (Å²) in [5, 5.41) is 9.29. The summed E-state index contributed by atoms with van der Waals surface area (Å²) in [5.41, 5.74) is 6.57. The Morgan fingerprint density at radius 3 is 2.40 bits per heavy atom. The molecule has 0 radical (unpaired) electrons. The summed E-state index contributed by atoms with van der Waals surface area (Å²) in [6.45, 7) is 0.993. The standard InChI is InChI=1S/C16H24N2O2/c1-18(11-13-5-7-14(19)8-6-13)15(20)16(12-17)9-3-2-4-10-16/h5-8,19H,2-4,9-12,17H2,1H3. The van der Waals surface area contributed by atoms with Crippen LogP contribution in [0, 0.1) is 5.41 Å². The number of nitrogens with zero attached hydrogens (tertiary/aromatic N) is 1. The van der Waals surface area contributed by atoms with Gasteiger partial charge in [0.05, 0.1) is 5.41 Å². The van der Waals surface area contributed by atoms with Crippen molar-refractivity contribution < 1.29 is 9.90 Å². The summed E-state index contributed by atoms with van der Waals surface area (Å²) in [4.78, 5) is 14.5. The normalized spacial score (nSPS) is 17.7. The number of carbonyl (C=O) groups is 1. The van der Waals surface area contributed by atoms with Gasteiger partial charge >= 0.3 is 0 Å². The quantitative estimate of drug-likeness (QED) is 0.886. The van der Waals surface area contributed by atoms with Crippen molar-refractivity contribution in [3.8, 4) is 5.75 Å². The summed E-state index contributed by atoms with van der Waals surface area (Å²) in [6, 6.07) is 6.98. The fourth-order valence-corrected chi connectivity index (χ4v) is 3.09. The van der Waals surface area contributed by atoms with Crippen LogP contribution in [0.5, 0.6) is 5.75 Å². The van der Waals surface area contributed by atoms with E-state index < -0.39 is 0 Å². The van der Waals surface area contributed by atoms with Crippen LogP contribution in [0.15, 0.2) is 24.3 Å². The molecule has 1 saturated carbocycles. The van der Waals surface area contributed by atoms with Crippen LogP contribution in [-0.4, -0.2) is 29.5 Å². The number of carbonyl (C=O) groups excluding carboxylic acids is 1. The van der Waals surface area contributed by atoms with E-state index in [2.05, 4.69) is 0 Å². The highest BCUT2D eigenvalue weighted by atomic mass is 16.3. The molecule has 2 rings (SSSR count). The molecular weight excluding hydrogens is 252 g/mol. The van der Waals surface area contributed by atoms with Gasteiger partial charge in [-0.05, 0) is 30.5 Å². The van der Waals surface area contributed by atoms with Crippen LogP contribution in [-0.2, 0) is 11.3 Å². The van der Waals surface area contributed by atoms with Gasteiger partial charge in [0.1, 0.15) is 5.75 Å². The molecule has 1 aromatic rings. The zero-order valence-corrected chi connectivity index (χ0v) is 12.1. The Labute approximate surface area is 120 Å². The molecule has 1 aliphatic carbocycles. The van der Waals surface area contributed by atoms with Gasteiger partial charge in [0, 0.05) is 20.1 Å². The van der Waals surface area contributed by atoms with Gasteiger partial charge < -0.3 is 15.7 Å². The van der Waals surface area contributed by atoms with Gasteiger partial charge in [-0.1, -0.05) is 31.4 Å². The maximum Gasteiger partial charge on any atom is 0.230 e. The molecule has 1 fully saturated rings. The second-order valence-corrected chi connectivity index (χ2v) is 5.87. The number of phenols is 1. The van der Waals surface area contributed by atoms with Crippen molar-refractivity contribution in [3.05, 3.63) is 29.8 Å². The van der Waals surface area contributed by atoms with Crippen LogP contribution < -0.4 is 5.73 Å². The van der Waals surface area contributed by atoms with Gasteiger partial charge in [-0.25, -0.2) is 0 Å². The Morgan fingerprint density at radius 1 is 1.25 bits per heavy atom. The van der Waals surface area contributed by atoms with Crippen molar-refractivity contribution in [1.29, 1.82) is 0 Å². The van der Waals surface area contributed by atoms with Crippen molar-refractivity contribution >= 4 is 5.91 Å². The highest BCUT2D eigenvalue weighted by Crippen LogP contribution is 2.37. The fourth-order valence-electron chi connectivity index (χ4n) is 3.09. The molecule has 0 bridgehead atoms. The second kappa shape index (κ2) is 6.27. The largest absolute Gasteiger partial charge is 0.508 e. The smallest absolute Gasteiger partial charge is 0.230 e. The molecular formula is C16H24N2O2. The molecule has 0 atom stereocenters. The lowest BCUT2D eigenvalue weighted by Crippen LogP contribution is -2.47. The van der Waals surface area contributed by atoms with E-state index in [-0.39, 0.29) is 17.1 Å². The minimum Gasteiger partial charge on any atom is -0.508 e. The van der Waals surface area contributed by atoms with Crippen LogP contribution in [0.1, 0.15) is 37.7 Å². The van der Waals surface area contributed by atoms with Crippen LogP contribution in [0.2, 0.25) is 0 Å². The van der Waals surface area contributed by atoms with Gasteiger partial charge in [-0.2, -0.15) is 0 Å². The van der Waals surface area contributed by atoms with Crippen molar-refractivity contribution in [1.82, 2.24) is 4.90 Å². The number of aromatic hydroxyl groups is 1. The number of hydrogen-bond donors (Lipinski definition) is 2. The summed E-state index contributed by atoms with van der Waals surface area (Å²) < 4.78 is 0. The average molecular weight is 276 g/mol. The molecule has 20 heavy (non-hydrogen) atoms. The molecule has 1 aromatic carbocycles. The maximum absolute atomic E-state index is 12.7. The van der Waals surface area contributed by atoms with Crippen LogP contribution in [0.4, 0.5) is 0 Å². The van der Waals surface area contributed by atoms with E-state index >= 15 is 0 Å². The Bertz CT molecular complexity index is 450. The number of hydrogen-bond acceptors (Lipinski definition) is 3. The SMILES string of the molecule is CN(Cc1ccc(O)cc1)C(=O)C1(CN)CCCCC1. The van der Waals surface area contributed by atoms with E-state index in [0.717, 1.165) is 31.2 Å². The first-order valence-corrected chi connectivity index (χ1v) is 7.31. The zero-order valence-electron chi connectivity index (χ0n) is 12.1. The van der Waals surface area contributed by atoms with Gasteiger partial charge in [-0.15, -0.1) is 0 Å². The lowest BCUT2D eigenvalue weighted by Gasteiger charge is -2.37. The Hall–Kier alpha value is -1.55. The van der Waals surface area contributed by atoms with Crippen molar-refractivity contribution in [2.24, 2.45) is 11.1 Å². The number of amides is 1. The van der Waals surface area contributed by atoms with Gasteiger partial charge in [-0.3, -0.25) is 4.79 Å². The molecule has 0 heterocycles. The molecule has 1 aliphatic rings. The van der Waals surface area contributed by atoms with Crippen molar-refractivity contribution in [2.45, 2.75) is 38.6 Å². The highest BCUT2D eigenvalue weighted by Gasteiger charge is 2.39.